The van der Waals surface area contributed by atoms with Crippen LogP contribution in [0.1, 0.15) is 16.1 Å². The summed E-state index contributed by atoms with van der Waals surface area (Å²) in [6, 6.07) is 9.43. The molecule has 1 N–H and O–H groups in total. The molecule has 0 saturated carbocycles. The van der Waals surface area contributed by atoms with Gasteiger partial charge in [-0.3, -0.25) is 9.78 Å². The van der Waals surface area contributed by atoms with Gasteiger partial charge in [0.2, 0.25) is 0 Å². The number of nitrogens with one attached hydrogen (secondary N) is 1. The first-order chi connectivity index (χ1) is 13.1. The number of amides is 1. The van der Waals surface area contributed by atoms with Crippen molar-refractivity contribution in [2.45, 2.75) is 20.4 Å². The number of hydrogen-bond acceptors (Lipinski definition) is 6. The molecule has 0 spiro atoms. The maximum atomic E-state index is 12.1. The molecule has 0 aliphatic rings. The van der Waals surface area contributed by atoms with Crippen LogP contribution in [0.4, 0.5) is 0 Å². The summed E-state index contributed by atoms with van der Waals surface area (Å²) in [5.41, 5.74) is 2.94. The summed E-state index contributed by atoms with van der Waals surface area (Å²) in [6.45, 7) is 4.24. The fourth-order valence-electron chi connectivity index (χ4n) is 2.47. The third-order valence-corrected chi connectivity index (χ3v) is 5.13. The number of benzene rings is 1. The van der Waals surface area contributed by atoms with Gasteiger partial charge in [-0.2, -0.15) is 0 Å². The lowest BCUT2D eigenvalue weighted by Gasteiger charge is -2.11. The van der Waals surface area contributed by atoms with E-state index < -0.39 is 0 Å². The molecule has 0 atom stereocenters. The first kappa shape index (κ1) is 18.8. The average Bonchev–Trinajstić information content (AvgIpc) is 3.06. The number of hydrogen-bond donors (Lipinski definition) is 1. The Morgan fingerprint density at radius 2 is 2.07 bits per heavy atom. The van der Waals surface area contributed by atoms with E-state index in [4.69, 9.17) is 9.47 Å². The molecule has 2 aromatic heterocycles. The van der Waals surface area contributed by atoms with Gasteiger partial charge in [-0.25, -0.2) is 4.98 Å². The standard InChI is InChI=1S/C20H21N3O3S/c1-13-6-7-16(17(9-13)25-3)26-12-19(24)22-11-18-14(2)23-20(27-18)15-5-4-8-21-10-15/h4-10H,11-12H2,1-3H3,(H,22,24). The summed E-state index contributed by atoms with van der Waals surface area (Å²) < 4.78 is 10.9. The van der Waals surface area contributed by atoms with Crippen molar-refractivity contribution < 1.29 is 14.3 Å². The minimum absolute atomic E-state index is 0.0767. The maximum Gasteiger partial charge on any atom is 0.258 e. The van der Waals surface area contributed by atoms with Crippen LogP contribution in [-0.4, -0.2) is 29.6 Å². The number of pyridine rings is 1. The van der Waals surface area contributed by atoms with Crippen molar-refractivity contribution >= 4 is 17.2 Å². The zero-order valence-electron chi connectivity index (χ0n) is 15.5. The van der Waals surface area contributed by atoms with Gasteiger partial charge in [-0.05, 0) is 43.7 Å². The molecular weight excluding hydrogens is 362 g/mol. The molecule has 0 aliphatic heterocycles. The number of nitrogens with zero attached hydrogens (tertiary/aromatic N) is 2. The van der Waals surface area contributed by atoms with Crippen LogP contribution < -0.4 is 14.8 Å². The van der Waals surface area contributed by atoms with E-state index in [-0.39, 0.29) is 12.5 Å². The van der Waals surface area contributed by atoms with Gasteiger partial charge in [0.15, 0.2) is 18.1 Å². The Kier molecular flexibility index (Phi) is 6.03. The largest absolute Gasteiger partial charge is 0.493 e. The van der Waals surface area contributed by atoms with Crippen LogP contribution in [0.15, 0.2) is 42.7 Å². The van der Waals surface area contributed by atoms with Crippen molar-refractivity contribution in [2.24, 2.45) is 0 Å². The third-order valence-electron chi connectivity index (χ3n) is 3.93. The first-order valence-electron chi connectivity index (χ1n) is 8.47. The fraction of sp³-hybridized carbons (Fsp3) is 0.250. The zero-order valence-corrected chi connectivity index (χ0v) is 16.3. The molecule has 1 aromatic carbocycles. The summed E-state index contributed by atoms with van der Waals surface area (Å²) in [7, 11) is 1.58. The summed E-state index contributed by atoms with van der Waals surface area (Å²) in [4.78, 5) is 21.8. The van der Waals surface area contributed by atoms with Crippen LogP contribution in [0, 0.1) is 13.8 Å². The Bertz CT molecular complexity index is 925. The van der Waals surface area contributed by atoms with E-state index in [1.54, 1.807) is 36.9 Å². The summed E-state index contributed by atoms with van der Waals surface area (Å²) in [5, 5.41) is 3.77. The second-order valence-corrected chi connectivity index (χ2v) is 7.07. The highest BCUT2D eigenvalue weighted by Crippen LogP contribution is 2.28. The minimum Gasteiger partial charge on any atom is -0.493 e. The quantitative estimate of drug-likeness (QED) is 0.676. The second-order valence-electron chi connectivity index (χ2n) is 5.99. The van der Waals surface area contributed by atoms with Crippen molar-refractivity contribution in [3.63, 3.8) is 0 Å². The molecule has 6 nitrogen and oxygen atoms in total. The molecule has 0 fully saturated rings. The Balaban J connectivity index is 1.56. The van der Waals surface area contributed by atoms with Crippen LogP contribution in [0.3, 0.4) is 0 Å². The predicted molar refractivity (Wildman–Crippen MR) is 105 cm³/mol. The Morgan fingerprint density at radius 3 is 2.81 bits per heavy atom. The second kappa shape index (κ2) is 8.64. The Labute approximate surface area is 162 Å². The monoisotopic (exact) mass is 383 g/mol. The van der Waals surface area contributed by atoms with Gasteiger partial charge in [-0.1, -0.05) is 6.07 Å². The van der Waals surface area contributed by atoms with Crippen molar-refractivity contribution in [3.8, 4) is 22.1 Å². The van der Waals surface area contributed by atoms with Gasteiger partial charge in [0, 0.05) is 22.8 Å². The van der Waals surface area contributed by atoms with Crippen molar-refractivity contribution in [1.82, 2.24) is 15.3 Å². The SMILES string of the molecule is COc1cc(C)ccc1OCC(=O)NCc1sc(-c2cccnc2)nc1C. The molecule has 0 saturated heterocycles. The molecule has 0 unspecified atom stereocenters. The van der Waals surface area contributed by atoms with E-state index in [0.717, 1.165) is 26.7 Å². The molecule has 1 amide bonds. The third kappa shape index (κ3) is 4.83. The number of ether oxygens (including phenoxy) is 2. The zero-order chi connectivity index (χ0) is 19.2. The highest BCUT2D eigenvalue weighted by Gasteiger charge is 2.12. The van der Waals surface area contributed by atoms with E-state index in [2.05, 4.69) is 15.3 Å². The summed E-state index contributed by atoms with van der Waals surface area (Å²) >= 11 is 1.55. The van der Waals surface area contributed by atoms with E-state index in [0.29, 0.717) is 18.0 Å². The number of carbonyl (C=O) groups excluding carboxylic acids is 1. The lowest BCUT2D eigenvalue weighted by molar-refractivity contribution is -0.123. The van der Waals surface area contributed by atoms with Crippen LogP contribution in [0.5, 0.6) is 11.5 Å². The van der Waals surface area contributed by atoms with Crippen LogP contribution in [-0.2, 0) is 11.3 Å². The lowest BCUT2D eigenvalue weighted by Crippen LogP contribution is -2.28. The average molecular weight is 383 g/mol. The van der Waals surface area contributed by atoms with Gasteiger partial charge >= 0.3 is 0 Å². The van der Waals surface area contributed by atoms with Crippen molar-refractivity contribution in [2.75, 3.05) is 13.7 Å². The Hall–Kier alpha value is -2.93. The number of carbonyl (C=O) groups is 1. The van der Waals surface area contributed by atoms with Crippen molar-refractivity contribution in [1.29, 1.82) is 0 Å². The fourth-order valence-corrected chi connectivity index (χ4v) is 3.46. The molecule has 3 rings (SSSR count). The Morgan fingerprint density at radius 1 is 1.22 bits per heavy atom. The molecule has 3 aromatic rings. The number of aryl methyl sites for hydroxylation is 2. The van der Waals surface area contributed by atoms with E-state index in [1.165, 1.54) is 0 Å². The molecule has 7 heteroatoms. The summed E-state index contributed by atoms with van der Waals surface area (Å²) in [6.07, 6.45) is 3.51. The van der Waals surface area contributed by atoms with E-state index in [9.17, 15) is 4.79 Å². The molecule has 0 aliphatic carbocycles. The van der Waals surface area contributed by atoms with Crippen LogP contribution in [0.25, 0.3) is 10.6 Å². The maximum absolute atomic E-state index is 12.1. The topological polar surface area (TPSA) is 73.3 Å². The molecule has 27 heavy (non-hydrogen) atoms. The highest BCUT2D eigenvalue weighted by atomic mass is 32.1. The molecule has 2 heterocycles. The minimum atomic E-state index is -0.201. The van der Waals surface area contributed by atoms with Gasteiger partial charge < -0.3 is 14.8 Å². The van der Waals surface area contributed by atoms with Gasteiger partial charge in [0.25, 0.3) is 5.91 Å². The van der Waals surface area contributed by atoms with Crippen LogP contribution >= 0.6 is 11.3 Å². The molecule has 0 radical (unpaired) electrons. The molecular formula is C20H21N3O3S. The normalized spacial score (nSPS) is 10.5. The van der Waals surface area contributed by atoms with Crippen LogP contribution in [0.2, 0.25) is 0 Å². The number of aromatic nitrogens is 2. The van der Waals surface area contributed by atoms with Gasteiger partial charge in [-0.15, -0.1) is 11.3 Å². The smallest absolute Gasteiger partial charge is 0.258 e. The number of thiazole rings is 1. The molecule has 140 valence electrons. The lowest BCUT2D eigenvalue weighted by atomic mass is 10.2. The van der Waals surface area contributed by atoms with Gasteiger partial charge in [0.1, 0.15) is 5.01 Å². The number of methoxy groups -OCH3 is 1. The highest BCUT2D eigenvalue weighted by molar-refractivity contribution is 7.15. The predicted octanol–water partition coefficient (Wildman–Crippen LogP) is 3.53. The first-order valence-corrected chi connectivity index (χ1v) is 9.29. The van der Waals surface area contributed by atoms with E-state index in [1.807, 2.05) is 38.1 Å². The van der Waals surface area contributed by atoms with E-state index >= 15 is 0 Å². The molecule has 0 bridgehead atoms. The van der Waals surface area contributed by atoms with Crippen molar-refractivity contribution in [3.05, 3.63) is 58.9 Å². The summed E-state index contributed by atoms with van der Waals surface area (Å²) in [5.74, 6) is 0.960. The van der Waals surface area contributed by atoms with Gasteiger partial charge in [0.05, 0.1) is 19.3 Å². The number of rotatable bonds is 7.